The average Bonchev–Trinajstić information content (AvgIpc) is 2.47. The normalized spacial score (nSPS) is 23.1. The van der Waals surface area contributed by atoms with E-state index in [2.05, 4.69) is 10.3 Å². The van der Waals surface area contributed by atoms with Gasteiger partial charge in [0.15, 0.2) is 0 Å². The van der Waals surface area contributed by atoms with Crippen LogP contribution in [0.4, 0.5) is 0 Å². The van der Waals surface area contributed by atoms with Crippen LogP contribution >= 0.6 is 0 Å². The van der Waals surface area contributed by atoms with Gasteiger partial charge >= 0.3 is 0 Å². The summed E-state index contributed by atoms with van der Waals surface area (Å²) >= 11 is 0. The largest absolute Gasteiger partial charge is 0.328 e. The standard InChI is InChI=1S/C16H21N3O/c17-13-5-7-14(8-6-13)18-10-12-9-11-3-1-2-4-15(11)19-16(12)20/h1-4,9,13-14,18H,5-8,10,17H2,(H,19,20). The number of para-hydroxylation sites is 1. The van der Waals surface area contributed by atoms with Crippen molar-refractivity contribution >= 4 is 10.9 Å². The van der Waals surface area contributed by atoms with E-state index in [4.69, 9.17) is 5.73 Å². The number of fused-ring (bicyclic) bond motifs is 1. The number of aromatic amines is 1. The summed E-state index contributed by atoms with van der Waals surface area (Å²) < 4.78 is 0. The number of hydrogen-bond donors (Lipinski definition) is 3. The van der Waals surface area contributed by atoms with Gasteiger partial charge in [-0.15, -0.1) is 0 Å². The third-order valence-electron chi connectivity index (χ3n) is 4.18. The first-order valence-electron chi connectivity index (χ1n) is 7.32. The second kappa shape index (κ2) is 5.77. The lowest BCUT2D eigenvalue weighted by atomic mass is 9.92. The van der Waals surface area contributed by atoms with Gasteiger partial charge in [-0.3, -0.25) is 4.79 Å². The van der Waals surface area contributed by atoms with Gasteiger partial charge in [0, 0.05) is 29.7 Å². The van der Waals surface area contributed by atoms with Crippen LogP contribution in [-0.2, 0) is 6.54 Å². The summed E-state index contributed by atoms with van der Waals surface area (Å²) in [4.78, 5) is 15.0. The molecular formula is C16H21N3O. The van der Waals surface area contributed by atoms with Crippen LogP contribution in [-0.4, -0.2) is 17.1 Å². The maximum Gasteiger partial charge on any atom is 0.252 e. The Labute approximate surface area is 118 Å². The van der Waals surface area contributed by atoms with Gasteiger partial charge in [0.05, 0.1) is 0 Å². The topological polar surface area (TPSA) is 70.9 Å². The first-order valence-corrected chi connectivity index (χ1v) is 7.32. The van der Waals surface area contributed by atoms with E-state index < -0.39 is 0 Å². The molecule has 0 unspecified atom stereocenters. The van der Waals surface area contributed by atoms with Crippen LogP contribution in [0.15, 0.2) is 35.1 Å². The number of nitrogens with two attached hydrogens (primary N) is 1. The first-order chi connectivity index (χ1) is 9.72. The minimum Gasteiger partial charge on any atom is -0.328 e. The molecule has 1 fully saturated rings. The summed E-state index contributed by atoms with van der Waals surface area (Å²) in [6, 6.07) is 10.7. The molecule has 1 aromatic carbocycles. The molecule has 2 aromatic rings. The van der Waals surface area contributed by atoms with Crippen molar-refractivity contribution in [2.24, 2.45) is 5.73 Å². The maximum atomic E-state index is 12.0. The van der Waals surface area contributed by atoms with E-state index in [0.29, 0.717) is 18.6 Å². The second-order valence-corrected chi connectivity index (χ2v) is 5.70. The van der Waals surface area contributed by atoms with Crippen LogP contribution in [0.2, 0.25) is 0 Å². The number of H-pyrrole nitrogens is 1. The predicted molar refractivity (Wildman–Crippen MR) is 81.6 cm³/mol. The third-order valence-corrected chi connectivity index (χ3v) is 4.18. The van der Waals surface area contributed by atoms with Gasteiger partial charge in [-0.1, -0.05) is 18.2 Å². The first kappa shape index (κ1) is 13.3. The van der Waals surface area contributed by atoms with E-state index in [-0.39, 0.29) is 5.56 Å². The minimum absolute atomic E-state index is 0.00344. The average molecular weight is 271 g/mol. The van der Waals surface area contributed by atoms with E-state index in [0.717, 1.165) is 42.1 Å². The summed E-state index contributed by atoms with van der Waals surface area (Å²) in [7, 11) is 0. The smallest absolute Gasteiger partial charge is 0.252 e. The second-order valence-electron chi connectivity index (χ2n) is 5.70. The van der Waals surface area contributed by atoms with Crippen molar-refractivity contribution in [2.75, 3.05) is 0 Å². The molecule has 1 aliphatic carbocycles. The van der Waals surface area contributed by atoms with Crippen molar-refractivity contribution < 1.29 is 0 Å². The molecular weight excluding hydrogens is 250 g/mol. The SMILES string of the molecule is NC1CCC(NCc2cc3ccccc3[nH]c2=O)CC1. The summed E-state index contributed by atoms with van der Waals surface area (Å²) in [6.45, 7) is 0.625. The van der Waals surface area contributed by atoms with E-state index in [9.17, 15) is 4.79 Å². The maximum absolute atomic E-state index is 12.0. The molecule has 4 heteroatoms. The van der Waals surface area contributed by atoms with Crippen LogP contribution in [0, 0.1) is 0 Å². The van der Waals surface area contributed by atoms with Crippen LogP contribution < -0.4 is 16.6 Å². The molecule has 1 heterocycles. The van der Waals surface area contributed by atoms with Gasteiger partial charge in [0.1, 0.15) is 0 Å². The lowest BCUT2D eigenvalue weighted by molar-refractivity contribution is 0.341. The molecule has 4 N–H and O–H groups in total. The minimum atomic E-state index is 0.00344. The molecule has 1 saturated carbocycles. The molecule has 0 aliphatic heterocycles. The Balaban J connectivity index is 1.71. The van der Waals surface area contributed by atoms with Crippen molar-refractivity contribution in [3.8, 4) is 0 Å². The number of rotatable bonds is 3. The number of aromatic nitrogens is 1. The molecule has 1 aromatic heterocycles. The Morgan fingerprint density at radius 3 is 2.75 bits per heavy atom. The quantitative estimate of drug-likeness (QED) is 0.798. The Morgan fingerprint density at radius 2 is 1.95 bits per heavy atom. The van der Waals surface area contributed by atoms with Gasteiger partial charge in [0.2, 0.25) is 0 Å². The highest BCUT2D eigenvalue weighted by atomic mass is 16.1. The fourth-order valence-electron chi connectivity index (χ4n) is 2.90. The van der Waals surface area contributed by atoms with Crippen molar-refractivity contribution in [1.82, 2.24) is 10.3 Å². The molecule has 20 heavy (non-hydrogen) atoms. The molecule has 0 amide bonds. The molecule has 4 nitrogen and oxygen atoms in total. The van der Waals surface area contributed by atoms with E-state index in [1.54, 1.807) is 0 Å². The Morgan fingerprint density at radius 1 is 1.20 bits per heavy atom. The van der Waals surface area contributed by atoms with Gasteiger partial charge in [-0.2, -0.15) is 0 Å². The van der Waals surface area contributed by atoms with Crippen molar-refractivity contribution in [2.45, 2.75) is 44.3 Å². The zero-order valence-electron chi connectivity index (χ0n) is 11.6. The van der Waals surface area contributed by atoms with Crippen molar-refractivity contribution in [1.29, 1.82) is 0 Å². The van der Waals surface area contributed by atoms with Gasteiger partial charge in [-0.25, -0.2) is 0 Å². The lowest BCUT2D eigenvalue weighted by Crippen LogP contribution is -2.37. The fraction of sp³-hybridized carbons (Fsp3) is 0.438. The molecule has 106 valence electrons. The van der Waals surface area contributed by atoms with E-state index >= 15 is 0 Å². The number of nitrogens with one attached hydrogen (secondary N) is 2. The highest BCUT2D eigenvalue weighted by Gasteiger charge is 2.18. The van der Waals surface area contributed by atoms with Crippen LogP contribution in [0.25, 0.3) is 10.9 Å². The summed E-state index contributed by atoms with van der Waals surface area (Å²) in [5.41, 5.74) is 7.61. The van der Waals surface area contributed by atoms with Crippen LogP contribution in [0.5, 0.6) is 0 Å². The third kappa shape index (κ3) is 2.92. The summed E-state index contributed by atoms with van der Waals surface area (Å²) in [6.07, 6.45) is 4.36. The lowest BCUT2D eigenvalue weighted by Gasteiger charge is -2.26. The number of pyridine rings is 1. The molecule has 3 rings (SSSR count). The van der Waals surface area contributed by atoms with Gasteiger partial charge in [0.25, 0.3) is 5.56 Å². The fourth-order valence-corrected chi connectivity index (χ4v) is 2.90. The molecule has 0 bridgehead atoms. The summed E-state index contributed by atoms with van der Waals surface area (Å²) in [5, 5.41) is 4.57. The monoisotopic (exact) mass is 271 g/mol. The molecule has 0 saturated heterocycles. The highest BCUT2D eigenvalue weighted by molar-refractivity contribution is 5.78. The van der Waals surface area contributed by atoms with Crippen molar-refractivity contribution in [3.05, 3.63) is 46.2 Å². The number of hydrogen-bond acceptors (Lipinski definition) is 3. The highest BCUT2D eigenvalue weighted by Crippen LogP contribution is 2.17. The van der Waals surface area contributed by atoms with Gasteiger partial charge < -0.3 is 16.0 Å². The Bertz CT molecular complexity index is 641. The Hall–Kier alpha value is -1.65. The van der Waals surface area contributed by atoms with Crippen molar-refractivity contribution in [3.63, 3.8) is 0 Å². The van der Waals surface area contributed by atoms with E-state index in [1.165, 1.54) is 0 Å². The Kier molecular flexibility index (Phi) is 3.85. The summed E-state index contributed by atoms with van der Waals surface area (Å²) in [5.74, 6) is 0. The molecule has 0 radical (unpaired) electrons. The van der Waals surface area contributed by atoms with Gasteiger partial charge in [-0.05, 0) is 43.2 Å². The molecule has 0 atom stereocenters. The number of benzene rings is 1. The zero-order valence-corrected chi connectivity index (χ0v) is 11.6. The van der Waals surface area contributed by atoms with Crippen LogP contribution in [0.1, 0.15) is 31.2 Å². The van der Waals surface area contributed by atoms with E-state index in [1.807, 2.05) is 30.3 Å². The zero-order chi connectivity index (χ0) is 13.9. The van der Waals surface area contributed by atoms with Crippen LogP contribution in [0.3, 0.4) is 0 Å². The molecule has 0 spiro atoms. The predicted octanol–water partition coefficient (Wildman–Crippen LogP) is 1.89. The molecule has 1 aliphatic rings.